The molecule has 0 spiro atoms. The molecule has 0 N–H and O–H groups in total. The van der Waals surface area contributed by atoms with E-state index in [1.165, 1.54) is 55.5 Å². The maximum Gasteiger partial charge on any atom is 0.127 e. The van der Waals surface area contributed by atoms with E-state index in [0.717, 1.165) is 68.1 Å². The Labute approximate surface area is 434 Å². The predicted molar refractivity (Wildman–Crippen MR) is 307 cm³/mol. The number of anilines is 6. The number of hydrogen-bond acceptors (Lipinski definition) is 4. The Hall–Kier alpha value is -9.12. The summed E-state index contributed by atoms with van der Waals surface area (Å²) in [6, 6.07) is 90.9. The topological polar surface area (TPSA) is 24.9 Å². The van der Waals surface area contributed by atoms with Crippen LogP contribution < -0.4 is 19.3 Å². The van der Waals surface area contributed by atoms with Crippen molar-refractivity contribution in [1.29, 1.82) is 0 Å². The summed E-state index contributed by atoms with van der Waals surface area (Å²) in [5.74, 6) is 3.19. The van der Waals surface area contributed by atoms with Gasteiger partial charge in [0.15, 0.2) is 0 Å². The van der Waals surface area contributed by atoms with E-state index in [2.05, 4.69) is 232 Å². The standard InChI is InChI=1S/C70H54N2O2/c1-69(2)64-26-13-11-21-59(64)61-43-37-51(45-66(61)69)71(49-33-39-55(40-34-49)73-53-17-7-5-8-18-53)48-31-29-47(30-32-48)57-23-15-25-63-58(57)24-16-28-68(63)72(50-35-41-56(42-36-50)74-54-19-9-6-10-20-54)52-38-44-62-60-22-12-14-27-65(60)70(3,4)67(62)46-52/h5-46H,1-4H3. The quantitative estimate of drug-likeness (QED) is 0.129. The van der Waals surface area contributed by atoms with Crippen LogP contribution in [0.2, 0.25) is 0 Å². The Morgan fingerprint density at radius 2 is 0.649 bits per heavy atom. The van der Waals surface area contributed by atoms with Crippen LogP contribution in [-0.4, -0.2) is 0 Å². The van der Waals surface area contributed by atoms with Gasteiger partial charge in [0.2, 0.25) is 0 Å². The fourth-order valence-electron chi connectivity index (χ4n) is 11.6. The summed E-state index contributed by atoms with van der Waals surface area (Å²) in [5.41, 5.74) is 19.0. The summed E-state index contributed by atoms with van der Waals surface area (Å²) in [7, 11) is 0. The summed E-state index contributed by atoms with van der Waals surface area (Å²) in [6.07, 6.45) is 0. The highest BCUT2D eigenvalue weighted by Gasteiger charge is 2.37. The van der Waals surface area contributed by atoms with Crippen molar-refractivity contribution in [3.8, 4) is 56.4 Å². The summed E-state index contributed by atoms with van der Waals surface area (Å²) in [4.78, 5) is 4.77. The summed E-state index contributed by atoms with van der Waals surface area (Å²) in [5, 5.41) is 2.33. The van der Waals surface area contributed by atoms with Crippen LogP contribution >= 0.6 is 0 Å². The number of fused-ring (bicyclic) bond motifs is 7. The van der Waals surface area contributed by atoms with Gasteiger partial charge in [-0.1, -0.05) is 167 Å². The minimum atomic E-state index is -0.155. The molecule has 0 saturated heterocycles. The zero-order valence-corrected chi connectivity index (χ0v) is 42.0. The lowest BCUT2D eigenvalue weighted by atomic mass is 9.82. The maximum atomic E-state index is 6.29. The van der Waals surface area contributed by atoms with Crippen molar-refractivity contribution in [3.63, 3.8) is 0 Å². The molecule has 0 aliphatic heterocycles. The highest BCUT2D eigenvalue weighted by Crippen LogP contribution is 2.53. The van der Waals surface area contributed by atoms with Gasteiger partial charge in [-0.15, -0.1) is 0 Å². The van der Waals surface area contributed by atoms with Crippen molar-refractivity contribution in [2.24, 2.45) is 0 Å². The molecular formula is C70H54N2O2. The van der Waals surface area contributed by atoms with Gasteiger partial charge < -0.3 is 19.3 Å². The van der Waals surface area contributed by atoms with Crippen LogP contribution in [0.4, 0.5) is 34.1 Å². The van der Waals surface area contributed by atoms with Gasteiger partial charge in [-0.25, -0.2) is 0 Å². The zero-order valence-electron chi connectivity index (χ0n) is 42.0. The largest absolute Gasteiger partial charge is 0.457 e. The molecule has 0 atom stereocenters. The van der Waals surface area contributed by atoms with Crippen molar-refractivity contribution in [3.05, 3.63) is 277 Å². The van der Waals surface area contributed by atoms with Gasteiger partial charge in [-0.2, -0.15) is 0 Å². The molecule has 356 valence electrons. The van der Waals surface area contributed by atoms with Crippen molar-refractivity contribution >= 4 is 44.9 Å². The minimum Gasteiger partial charge on any atom is -0.457 e. The average molecular weight is 955 g/mol. The Morgan fingerprint density at radius 1 is 0.270 bits per heavy atom. The van der Waals surface area contributed by atoms with Crippen LogP contribution in [0.15, 0.2) is 255 Å². The third-order valence-electron chi connectivity index (χ3n) is 15.4. The molecular weight excluding hydrogens is 901 g/mol. The predicted octanol–water partition coefficient (Wildman–Crippen LogP) is 19.6. The third kappa shape index (κ3) is 7.70. The van der Waals surface area contributed by atoms with Gasteiger partial charge in [0, 0.05) is 44.7 Å². The van der Waals surface area contributed by atoms with Gasteiger partial charge in [0.1, 0.15) is 23.0 Å². The van der Waals surface area contributed by atoms with Crippen LogP contribution in [0.3, 0.4) is 0 Å². The van der Waals surface area contributed by atoms with E-state index >= 15 is 0 Å². The van der Waals surface area contributed by atoms with Crippen molar-refractivity contribution in [2.75, 3.05) is 9.80 Å². The zero-order chi connectivity index (χ0) is 50.0. The molecule has 0 amide bonds. The second kappa shape index (κ2) is 17.9. The fourth-order valence-corrected chi connectivity index (χ4v) is 11.6. The van der Waals surface area contributed by atoms with Crippen LogP contribution in [-0.2, 0) is 10.8 Å². The highest BCUT2D eigenvalue weighted by molar-refractivity contribution is 6.06. The first kappa shape index (κ1) is 44.8. The Morgan fingerprint density at radius 3 is 1.18 bits per heavy atom. The molecule has 2 aliphatic rings. The molecule has 0 heterocycles. The molecule has 11 aromatic rings. The smallest absolute Gasteiger partial charge is 0.127 e. The molecule has 0 bridgehead atoms. The molecule has 4 nitrogen and oxygen atoms in total. The number of ether oxygens (including phenoxy) is 2. The molecule has 4 heteroatoms. The van der Waals surface area contributed by atoms with E-state index in [1.54, 1.807) is 0 Å². The Bertz CT molecular complexity index is 3880. The van der Waals surface area contributed by atoms with E-state index in [0.29, 0.717) is 0 Å². The molecule has 0 fully saturated rings. The van der Waals surface area contributed by atoms with Crippen LogP contribution in [0, 0.1) is 0 Å². The van der Waals surface area contributed by atoms with Crippen molar-refractivity contribution in [2.45, 2.75) is 38.5 Å². The summed E-state index contributed by atoms with van der Waals surface area (Å²) < 4.78 is 12.5. The normalized spacial score (nSPS) is 13.4. The summed E-state index contributed by atoms with van der Waals surface area (Å²) >= 11 is 0. The number of rotatable bonds is 11. The Kier molecular flexibility index (Phi) is 10.8. The van der Waals surface area contributed by atoms with Gasteiger partial charge in [0.05, 0.1) is 5.69 Å². The molecule has 0 unspecified atom stereocenters. The number of benzene rings is 11. The molecule has 74 heavy (non-hydrogen) atoms. The number of para-hydroxylation sites is 2. The van der Waals surface area contributed by atoms with Gasteiger partial charge >= 0.3 is 0 Å². The second-order valence-electron chi connectivity index (χ2n) is 20.5. The van der Waals surface area contributed by atoms with E-state index in [1.807, 2.05) is 60.7 Å². The first-order valence-electron chi connectivity index (χ1n) is 25.6. The second-order valence-corrected chi connectivity index (χ2v) is 20.5. The van der Waals surface area contributed by atoms with Crippen LogP contribution in [0.25, 0.3) is 44.2 Å². The minimum absolute atomic E-state index is 0.142. The monoisotopic (exact) mass is 954 g/mol. The lowest BCUT2D eigenvalue weighted by Gasteiger charge is -2.29. The lowest BCUT2D eigenvalue weighted by molar-refractivity contribution is 0.482. The maximum absolute atomic E-state index is 6.29. The van der Waals surface area contributed by atoms with Gasteiger partial charge in [-0.3, -0.25) is 0 Å². The Balaban J connectivity index is 0.894. The fraction of sp³-hybridized carbons (Fsp3) is 0.0857. The average Bonchev–Trinajstić information content (AvgIpc) is 3.82. The first-order chi connectivity index (χ1) is 36.2. The molecule has 2 aliphatic carbocycles. The molecule has 0 saturated carbocycles. The van der Waals surface area contributed by atoms with E-state index in [-0.39, 0.29) is 10.8 Å². The molecule has 0 aromatic heterocycles. The lowest BCUT2D eigenvalue weighted by Crippen LogP contribution is -2.16. The molecule has 13 rings (SSSR count). The molecule has 11 aromatic carbocycles. The van der Waals surface area contributed by atoms with Crippen molar-refractivity contribution < 1.29 is 9.47 Å². The highest BCUT2D eigenvalue weighted by atomic mass is 16.5. The van der Waals surface area contributed by atoms with E-state index in [9.17, 15) is 0 Å². The van der Waals surface area contributed by atoms with E-state index < -0.39 is 0 Å². The van der Waals surface area contributed by atoms with Gasteiger partial charge in [0.25, 0.3) is 0 Å². The SMILES string of the molecule is CC1(C)c2ccccc2-c2ccc(N(c3ccc(Oc4ccccc4)cc3)c3ccc(-c4cccc5c(N(c6ccc(Oc7ccccc7)cc6)c6ccc7c(c6)C(C)(C)c6ccccc6-7)cccc45)cc3)cc21. The van der Waals surface area contributed by atoms with E-state index in [4.69, 9.17) is 9.47 Å². The van der Waals surface area contributed by atoms with Crippen LogP contribution in [0.1, 0.15) is 49.9 Å². The van der Waals surface area contributed by atoms with Gasteiger partial charge in [-0.05, 0) is 176 Å². The third-order valence-corrected chi connectivity index (χ3v) is 15.4. The van der Waals surface area contributed by atoms with Crippen molar-refractivity contribution in [1.82, 2.24) is 0 Å². The van der Waals surface area contributed by atoms with Crippen LogP contribution in [0.5, 0.6) is 23.0 Å². The molecule has 0 radical (unpaired) electrons. The first-order valence-corrected chi connectivity index (χ1v) is 25.6. The number of nitrogens with zero attached hydrogens (tertiary/aromatic N) is 2. The number of hydrogen-bond donors (Lipinski definition) is 0. The summed E-state index contributed by atoms with van der Waals surface area (Å²) in [6.45, 7) is 9.38.